The molecule has 1 saturated carbocycles. The van der Waals surface area contributed by atoms with E-state index in [1.165, 1.54) is 25.3 Å². The Balaban J connectivity index is 2.10. The maximum atomic E-state index is 11.0. The predicted molar refractivity (Wildman–Crippen MR) is 76.4 cm³/mol. The zero-order valence-corrected chi connectivity index (χ0v) is 11.9. The van der Waals surface area contributed by atoms with Gasteiger partial charge in [-0.25, -0.2) is 0 Å². The number of nitro groups is 1. The van der Waals surface area contributed by atoms with Crippen molar-refractivity contribution in [3.63, 3.8) is 0 Å². The highest BCUT2D eigenvalue weighted by molar-refractivity contribution is 6.30. The number of hydrogen-bond donors (Lipinski definition) is 1. The first-order chi connectivity index (χ1) is 9.00. The summed E-state index contributed by atoms with van der Waals surface area (Å²) in [4.78, 5) is 10.6. The number of nitrogens with zero attached hydrogens (tertiary/aromatic N) is 1. The zero-order chi connectivity index (χ0) is 13.9. The Labute approximate surface area is 118 Å². The van der Waals surface area contributed by atoms with Gasteiger partial charge in [-0.2, -0.15) is 0 Å². The highest BCUT2D eigenvalue weighted by Gasteiger charge is 2.26. The Morgan fingerprint density at radius 2 is 2.05 bits per heavy atom. The van der Waals surface area contributed by atoms with Crippen LogP contribution in [0.25, 0.3) is 0 Å². The summed E-state index contributed by atoms with van der Waals surface area (Å²) in [5.74, 6) is 0. The fourth-order valence-corrected chi connectivity index (χ4v) is 2.89. The van der Waals surface area contributed by atoms with E-state index in [9.17, 15) is 10.1 Å². The molecule has 0 saturated heterocycles. The van der Waals surface area contributed by atoms with Crippen LogP contribution in [0, 0.1) is 10.1 Å². The van der Waals surface area contributed by atoms with Gasteiger partial charge >= 0.3 is 0 Å². The molecule has 0 heterocycles. The predicted octanol–water partition coefficient (Wildman–Crippen LogP) is 4.06. The fraction of sp³-hybridized carbons (Fsp3) is 0.571. The minimum atomic E-state index is -0.351. The van der Waals surface area contributed by atoms with Crippen LogP contribution in [0.3, 0.4) is 0 Å². The van der Waals surface area contributed by atoms with Crippen molar-refractivity contribution in [1.29, 1.82) is 0 Å². The summed E-state index contributed by atoms with van der Waals surface area (Å²) in [6.07, 6.45) is 5.99. The van der Waals surface area contributed by atoms with E-state index < -0.39 is 0 Å². The highest BCUT2D eigenvalue weighted by atomic mass is 35.5. The minimum absolute atomic E-state index is 0.0917. The van der Waals surface area contributed by atoms with Gasteiger partial charge < -0.3 is 5.32 Å². The molecule has 0 aromatic heterocycles. The number of halogens is 1. The van der Waals surface area contributed by atoms with Gasteiger partial charge in [-0.05, 0) is 31.9 Å². The number of nitro benzene ring substituents is 1. The minimum Gasteiger partial charge on any atom is -0.307 e. The summed E-state index contributed by atoms with van der Waals surface area (Å²) in [5, 5.41) is 15.0. The van der Waals surface area contributed by atoms with E-state index in [-0.39, 0.29) is 16.1 Å². The summed E-state index contributed by atoms with van der Waals surface area (Å²) >= 11 is 5.93. The molecule has 4 nitrogen and oxygen atoms in total. The normalized spacial score (nSPS) is 18.2. The van der Waals surface area contributed by atoms with Gasteiger partial charge in [0.1, 0.15) is 0 Å². The lowest BCUT2D eigenvalue weighted by Crippen LogP contribution is -2.43. The number of hydrogen-bond acceptors (Lipinski definition) is 3. The summed E-state index contributed by atoms with van der Waals surface area (Å²) in [7, 11) is 0. The second kappa shape index (κ2) is 5.88. The Bertz CT molecular complexity index is 471. The third-order valence-electron chi connectivity index (χ3n) is 3.90. The molecule has 0 atom stereocenters. The van der Waals surface area contributed by atoms with E-state index in [0.29, 0.717) is 17.1 Å². The van der Waals surface area contributed by atoms with Gasteiger partial charge in [0.2, 0.25) is 0 Å². The Morgan fingerprint density at radius 1 is 1.37 bits per heavy atom. The lowest BCUT2D eigenvalue weighted by Gasteiger charge is -2.34. The molecule has 1 aromatic rings. The van der Waals surface area contributed by atoms with Gasteiger partial charge in [0.15, 0.2) is 0 Å². The Hall–Kier alpha value is -1.13. The maximum absolute atomic E-state index is 11.0. The van der Waals surface area contributed by atoms with E-state index in [1.54, 1.807) is 12.1 Å². The topological polar surface area (TPSA) is 55.2 Å². The standard InChI is InChI=1S/C14H19ClN2O2/c1-14(7-3-2-4-8-14)16-10-11-9-12(15)5-6-13(11)17(18)19/h5-6,9,16H,2-4,7-8,10H2,1H3. The van der Waals surface area contributed by atoms with Crippen LogP contribution in [-0.2, 0) is 6.54 Å². The van der Waals surface area contributed by atoms with Crippen LogP contribution in [0.1, 0.15) is 44.6 Å². The van der Waals surface area contributed by atoms with Crippen molar-refractivity contribution in [2.24, 2.45) is 0 Å². The van der Waals surface area contributed by atoms with Crippen LogP contribution in [-0.4, -0.2) is 10.5 Å². The average Bonchev–Trinajstić information content (AvgIpc) is 2.37. The number of benzene rings is 1. The van der Waals surface area contributed by atoms with Gasteiger partial charge in [-0.1, -0.05) is 30.9 Å². The smallest absolute Gasteiger partial charge is 0.273 e. The fourth-order valence-electron chi connectivity index (χ4n) is 2.69. The summed E-state index contributed by atoms with van der Waals surface area (Å²) in [5.41, 5.74) is 0.884. The quantitative estimate of drug-likeness (QED) is 0.669. The monoisotopic (exact) mass is 282 g/mol. The third-order valence-corrected chi connectivity index (χ3v) is 4.14. The first-order valence-electron chi connectivity index (χ1n) is 6.68. The van der Waals surface area contributed by atoms with Crippen LogP contribution in [0.15, 0.2) is 18.2 Å². The van der Waals surface area contributed by atoms with Crippen molar-refractivity contribution in [2.75, 3.05) is 0 Å². The molecule has 0 aliphatic heterocycles. The van der Waals surface area contributed by atoms with Crippen LogP contribution in [0.5, 0.6) is 0 Å². The van der Waals surface area contributed by atoms with Crippen molar-refractivity contribution in [1.82, 2.24) is 5.32 Å². The largest absolute Gasteiger partial charge is 0.307 e. The molecule has 5 heteroatoms. The molecule has 0 bridgehead atoms. The number of rotatable bonds is 4. The lowest BCUT2D eigenvalue weighted by molar-refractivity contribution is -0.385. The third kappa shape index (κ3) is 3.67. The summed E-state index contributed by atoms with van der Waals surface area (Å²) in [6.45, 7) is 2.69. The van der Waals surface area contributed by atoms with Gasteiger partial charge in [0.25, 0.3) is 5.69 Å². The Kier molecular flexibility index (Phi) is 4.42. The van der Waals surface area contributed by atoms with E-state index in [2.05, 4.69) is 12.2 Å². The van der Waals surface area contributed by atoms with Crippen molar-refractivity contribution < 1.29 is 4.92 Å². The molecule has 104 valence electrons. The van der Waals surface area contributed by atoms with Crippen molar-refractivity contribution in [3.8, 4) is 0 Å². The van der Waals surface area contributed by atoms with Crippen molar-refractivity contribution in [2.45, 2.75) is 51.1 Å². The maximum Gasteiger partial charge on any atom is 0.273 e. The van der Waals surface area contributed by atoms with Gasteiger partial charge in [-0.3, -0.25) is 10.1 Å². The van der Waals surface area contributed by atoms with E-state index in [1.807, 2.05) is 0 Å². The molecule has 19 heavy (non-hydrogen) atoms. The molecular weight excluding hydrogens is 264 g/mol. The molecule has 0 amide bonds. The SMILES string of the molecule is CC1(NCc2cc(Cl)ccc2[N+](=O)[O-])CCCCC1. The van der Waals surface area contributed by atoms with Crippen LogP contribution < -0.4 is 5.32 Å². The molecule has 1 N–H and O–H groups in total. The molecule has 0 radical (unpaired) electrons. The van der Waals surface area contributed by atoms with E-state index in [0.717, 1.165) is 12.8 Å². The second-order valence-electron chi connectivity index (χ2n) is 5.51. The van der Waals surface area contributed by atoms with Gasteiger partial charge in [0.05, 0.1) is 4.92 Å². The first-order valence-corrected chi connectivity index (χ1v) is 7.06. The second-order valence-corrected chi connectivity index (χ2v) is 5.94. The van der Waals surface area contributed by atoms with Crippen LogP contribution in [0.4, 0.5) is 5.69 Å². The molecule has 1 fully saturated rings. The zero-order valence-electron chi connectivity index (χ0n) is 11.1. The summed E-state index contributed by atoms with van der Waals surface area (Å²) < 4.78 is 0. The average molecular weight is 283 g/mol. The first kappa shape index (κ1) is 14.3. The Morgan fingerprint density at radius 3 is 2.68 bits per heavy atom. The number of nitrogens with one attached hydrogen (secondary N) is 1. The van der Waals surface area contributed by atoms with Crippen LogP contribution in [0.2, 0.25) is 5.02 Å². The highest BCUT2D eigenvalue weighted by Crippen LogP contribution is 2.29. The molecule has 1 aromatic carbocycles. The molecule has 1 aliphatic rings. The molecule has 0 unspecified atom stereocenters. The van der Waals surface area contributed by atoms with Crippen LogP contribution >= 0.6 is 11.6 Å². The van der Waals surface area contributed by atoms with Gasteiger partial charge in [0, 0.05) is 28.7 Å². The molecule has 1 aliphatic carbocycles. The lowest BCUT2D eigenvalue weighted by atomic mass is 9.83. The molecule has 0 spiro atoms. The van der Waals surface area contributed by atoms with E-state index >= 15 is 0 Å². The molecular formula is C14H19ClN2O2. The molecule has 2 rings (SSSR count). The van der Waals surface area contributed by atoms with Gasteiger partial charge in [-0.15, -0.1) is 0 Å². The van der Waals surface area contributed by atoms with Crippen molar-refractivity contribution >= 4 is 17.3 Å². The van der Waals surface area contributed by atoms with E-state index in [4.69, 9.17) is 11.6 Å². The van der Waals surface area contributed by atoms with Crippen molar-refractivity contribution in [3.05, 3.63) is 38.9 Å². The summed E-state index contributed by atoms with van der Waals surface area (Å²) in [6, 6.07) is 4.72.